The molecule has 0 aromatic carbocycles. The van der Waals surface area contributed by atoms with Crippen LogP contribution in [0.2, 0.25) is 0 Å². The molecule has 0 saturated carbocycles. The van der Waals surface area contributed by atoms with Gasteiger partial charge < -0.3 is 37.2 Å². The number of aliphatic hydroxyl groups excluding tert-OH is 4. The Morgan fingerprint density at radius 2 is 1.06 bits per heavy atom. The highest BCUT2D eigenvalue weighted by Crippen LogP contribution is 1.98. The zero-order valence-electron chi connectivity index (χ0n) is 10.00. The smallest absolute Gasteiger partial charge is 0.0689 e. The zero-order valence-corrected chi connectivity index (χ0v) is 10.00. The van der Waals surface area contributed by atoms with Crippen LogP contribution in [-0.4, -0.2) is 71.0 Å². The molecule has 0 amide bonds. The first-order chi connectivity index (χ1) is 7.99. The molecule has 4 unspecified atom stereocenters. The van der Waals surface area contributed by atoms with Crippen LogP contribution in [0.5, 0.6) is 0 Å². The van der Waals surface area contributed by atoms with Crippen molar-refractivity contribution >= 4 is 0 Å². The van der Waals surface area contributed by atoms with E-state index in [0.717, 1.165) is 0 Å². The molecule has 0 aromatic rings. The lowest BCUT2D eigenvalue weighted by Crippen LogP contribution is -2.37. The summed E-state index contributed by atoms with van der Waals surface area (Å²) < 4.78 is 0. The summed E-state index contributed by atoms with van der Waals surface area (Å²) in [6.45, 7) is 0.741. The van der Waals surface area contributed by atoms with Crippen LogP contribution in [-0.2, 0) is 0 Å². The Morgan fingerprint density at radius 1 is 0.706 bits per heavy atom. The molecule has 0 aromatic heterocycles. The third kappa shape index (κ3) is 9.42. The minimum atomic E-state index is -0.712. The molecule has 0 bridgehead atoms. The van der Waals surface area contributed by atoms with Crippen molar-refractivity contribution in [3.8, 4) is 0 Å². The summed E-state index contributed by atoms with van der Waals surface area (Å²) in [6.07, 6.45) is -2.44. The maximum atomic E-state index is 9.46. The van der Waals surface area contributed by atoms with E-state index in [1.54, 1.807) is 0 Å². The van der Waals surface area contributed by atoms with Crippen molar-refractivity contribution in [3.63, 3.8) is 0 Å². The maximum absolute atomic E-state index is 9.46. The second-order valence-electron chi connectivity index (χ2n) is 4.22. The Bertz CT molecular complexity index is 167. The molecule has 0 saturated heterocycles. The molecule has 7 nitrogen and oxygen atoms in total. The summed E-state index contributed by atoms with van der Waals surface area (Å²) in [5.41, 5.74) is 10.4. The Balaban J connectivity index is 3.55. The van der Waals surface area contributed by atoms with Gasteiger partial charge in [-0.2, -0.15) is 0 Å². The lowest BCUT2D eigenvalue weighted by Gasteiger charge is -2.18. The molecule has 0 rings (SSSR count). The van der Waals surface area contributed by atoms with Gasteiger partial charge in [0.2, 0.25) is 0 Å². The maximum Gasteiger partial charge on any atom is 0.0689 e. The average Bonchev–Trinajstić information content (AvgIpc) is 2.28. The third-order valence-corrected chi connectivity index (χ3v) is 2.39. The van der Waals surface area contributed by atoms with Gasteiger partial charge in [-0.05, 0) is 0 Å². The van der Waals surface area contributed by atoms with Crippen LogP contribution in [0.15, 0.2) is 0 Å². The lowest BCUT2D eigenvalue weighted by atomic mass is 10.1. The van der Waals surface area contributed by atoms with Gasteiger partial charge in [0.25, 0.3) is 0 Å². The monoisotopic (exact) mass is 251 g/mol. The molecule has 0 radical (unpaired) electrons. The minimum Gasteiger partial charge on any atom is -0.392 e. The van der Waals surface area contributed by atoms with E-state index in [4.69, 9.17) is 11.5 Å². The summed E-state index contributed by atoms with van der Waals surface area (Å²) in [6, 6.07) is 0. The minimum absolute atomic E-state index is 0.113. The van der Waals surface area contributed by atoms with E-state index in [2.05, 4.69) is 5.32 Å². The first-order valence-electron chi connectivity index (χ1n) is 5.82. The number of aliphatic hydroxyl groups is 4. The van der Waals surface area contributed by atoms with E-state index in [9.17, 15) is 20.4 Å². The standard InChI is InChI=1S/C10H25N3O4/c11-3-7(14)1-9(16)5-13-6-10(17)2-8(15)4-12/h7-10,13-17H,1-6,11-12H2. The van der Waals surface area contributed by atoms with Crippen LogP contribution in [0.3, 0.4) is 0 Å². The molecule has 4 atom stereocenters. The van der Waals surface area contributed by atoms with E-state index in [0.29, 0.717) is 0 Å². The molecule has 104 valence electrons. The van der Waals surface area contributed by atoms with E-state index in [-0.39, 0.29) is 39.0 Å². The van der Waals surface area contributed by atoms with Crippen molar-refractivity contribution in [2.24, 2.45) is 11.5 Å². The van der Waals surface area contributed by atoms with Gasteiger partial charge in [0, 0.05) is 39.0 Å². The number of rotatable bonds is 10. The fraction of sp³-hybridized carbons (Fsp3) is 1.00. The van der Waals surface area contributed by atoms with Crippen LogP contribution < -0.4 is 16.8 Å². The predicted octanol–water partition coefficient (Wildman–Crippen LogP) is -3.28. The van der Waals surface area contributed by atoms with Crippen molar-refractivity contribution in [2.75, 3.05) is 26.2 Å². The second kappa shape index (κ2) is 9.72. The van der Waals surface area contributed by atoms with E-state index in [1.807, 2.05) is 0 Å². The fourth-order valence-electron chi connectivity index (χ4n) is 1.40. The van der Waals surface area contributed by atoms with Crippen molar-refractivity contribution in [2.45, 2.75) is 37.3 Å². The molecule has 0 heterocycles. The highest BCUT2D eigenvalue weighted by atomic mass is 16.3. The van der Waals surface area contributed by atoms with Gasteiger partial charge in [-0.3, -0.25) is 0 Å². The van der Waals surface area contributed by atoms with Crippen molar-refractivity contribution < 1.29 is 20.4 Å². The van der Waals surface area contributed by atoms with E-state index in [1.165, 1.54) is 0 Å². The van der Waals surface area contributed by atoms with Crippen LogP contribution in [0.1, 0.15) is 12.8 Å². The zero-order chi connectivity index (χ0) is 13.3. The molecule has 9 N–H and O–H groups in total. The molecule has 0 fully saturated rings. The number of nitrogens with two attached hydrogens (primary N) is 2. The predicted molar refractivity (Wildman–Crippen MR) is 64.2 cm³/mol. The van der Waals surface area contributed by atoms with Gasteiger partial charge >= 0.3 is 0 Å². The quantitative estimate of drug-likeness (QED) is 0.215. The Kier molecular flexibility index (Phi) is 9.56. The summed E-state index contributed by atoms with van der Waals surface area (Å²) >= 11 is 0. The van der Waals surface area contributed by atoms with Gasteiger partial charge in [-0.15, -0.1) is 0 Å². The van der Waals surface area contributed by atoms with Gasteiger partial charge in [0.05, 0.1) is 24.4 Å². The number of hydrogen-bond donors (Lipinski definition) is 7. The van der Waals surface area contributed by atoms with Crippen molar-refractivity contribution in [3.05, 3.63) is 0 Å². The molecular weight excluding hydrogens is 226 g/mol. The van der Waals surface area contributed by atoms with Crippen LogP contribution >= 0.6 is 0 Å². The van der Waals surface area contributed by atoms with E-state index >= 15 is 0 Å². The fourth-order valence-corrected chi connectivity index (χ4v) is 1.40. The molecule has 7 heteroatoms. The third-order valence-electron chi connectivity index (χ3n) is 2.39. The highest BCUT2D eigenvalue weighted by molar-refractivity contribution is 4.70. The Labute approximate surface area is 101 Å². The number of nitrogens with one attached hydrogen (secondary N) is 1. The SMILES string of the molecule is NCC(O)CC(O)CNCC(O)CC(O)CN. The first kappa shape index (κ1) is 16.7. The lowest BCUT2D eigenvalue weighted by molar-refractivity contribution is 0.0701. The molecule has 0 aliphatic rings. The van der Waals surface area contributed by atoms with Gasteiger partial charge in [0.15, 0.2) is 0 Å². The molecule has 0 spiro atoms. The van der Waals surface area contributed by atoms with Crippen molar-refractivity contribution in [1.29, 1.82) is 0 Å². The summed E-state index contributed by atoms with van der Waals surface area (Å²) in [4.78, 5) is 0. The Morgan fingerprint density at radius 3 is 1.35 bits per heavy atom. The van der Waals surface area contributed by atoms with Crippen LogP contribution in [0.4, 0.5) is 0 Å². The largest absolute Gasteiger partial charge is 0.392 e. The van der Waals surface area contributed by atoms with Gasteiger partial charge in [-0.1, -0.05) is 0 Å². The Hall–Kier alpha value is -0.280. The first-order valence-corrected chi connectivity index (χ1v) is 5.82. The highest BCUT2D eigenvalue weighted by Gasteiger charge is 2.13. The second-order valence-corrected chi connectivity index (χ2v) is 4.22. The topological polar surface area (TPSA) is 145 Å². The van der Waals surface area contributed by atoms with Gasteiger partial charge in [0.1, 0.15) is 0 Å². The average molecular weight is 251 g/mol. The molecule has 0 aliphatic carbocycles. The normalized spacial score (nSPS) is 18.7. The summed E-state index contributed by atoms with van der Waals surface area (Å²) in [7, 11) is 0. The molecular formula is C10H25N3O4. The number of hydrogen-bond acceptors (Lipinski definition) is 7. The van der Waals surface area contributed by atoms with Crippen LogP contribution in [0.25, 0.3) is 0 Å². The van der Waals surface area contributed by atoms with Crippen LogP contribution in [0, 0.1) is 0 Å². The van der Waals surface area contributed by atoms with Gasteiger partial charge in [-0.25, -0.2) is 0 Å². The van der Waals surface area contributed by atoms with E-state index < -0.39 is 24.4 Å². The molecule has 17 heavy (non-hydrogen) atoms. The summed E-state index contributed by atoms with van der Waals surface area (Å²) in [5.74, 6) is 0. The summed E-state index contributed by atoms with van der Waals surface area (Å²) in [5, 5.41) is 40.1. The molecule has 0 aliphatic heterocycles. The van der Waals surface area contributed by atoms with Crippen molar-refractivity contribution in [1.82, 2.24) is 5.32 Å².